The van der Waals surface area contributed by atoms with Crippen LogP contribution in [0.2, 0.25) is 0 Å². The van der Waals surface area contributed by atoms with Crippen LogP contribution in [0.4, 0.5) is 0 Å². The molecular formula is C11H9Cl2O3-. The smallest absolute Gasteiger partial charge is 0.129 e. The maximum absolute atomic E-state index is 10.5. The number of phenols is 1. The lowest BCUT2D eigenvalue weighted by Gasteiger charge is -2.00. The molecule has 1 N–H and O–H groups in total. The topological polar surface area (TPSA) is 60.4 Å². The van der Waals surface area contributed by atoms with Crippen LogP contribution in [0.3, 0.4) is 0 Å². The van der Waals surface area contributed by atoms with Crippen molar-refractivity contribution in [2.75, 3.05) is 0 Å². The van der Waals surface area contributed by atoms with Crippen molar-refractivity contribution in [1.82, 2.24) is 0 Å². The molecule has 0 radical (unpaired) electrons. The monoisotopic (exact) mass is 259 g/mol. The number of phenolic OH excluding ortho intramolecular Hbond substituents is 1. The second kappa shape index (κ2) is 3.82. The normalized spacial score (nSPS) is 26.4. The standard InChI is InChI=1S/C11H10Cl2O3/c12-11(13)8(5-9(15)16)10(11)6-1-3-7(14)4-2-6/h1-4,8,10,14H,5H2,(H,15,16)/p-1. The third kappa shape index (κ3) is 1.97. The van der Waals surface area contributed by atoms with Crippen molar-refractivity contribution in [2.24, 2.45) is 5.92 Å². The summed E-state index contributed by atoms with van der Waals surface area (Å²) in [7, 11) is 0. The maximum Gasteiger partial charge on any atom is 0.129 e. The number of rotatable bonds is 3. The lowest BCUT2D eigenvalue weighted by molar-refractivity contribution is -0.306. The van der Waals surface area contributed by atoms with E-state index in [9.17, 15) is 9.90 Å². The van der Waals surface area contributed by atoms with Gasteiger partial charge in [-0.3, -0.25) is 0 Å². The molecule has 86 valence electrons. The van der Waals surface area contributed by atoms with Gasteiger partial charge < -0.3 is 15.0 Å². The minimum Gasteiger partial charge on any atom is -0.550 e. The highest BCUT2D eigenvalue weighted by Crippen LogP contribution is 2.66. The summed E-state index contributed by atoms with van der Waals surface area (Å²) in [5, 5.41) is 19.6. The number of carbonyl (C=O) groups excluding carboxylic acids is 1. The number of hydrogen-bond acceptors (Lipinski definition) is 3. The number of halogens is 2. The number of carboxylic acid groups (broad SMARTS) is 1. The highest BCUT2D eigenvalue weighted by molar-refractivity contribution is 6.52. The summed E-state index contributed by atoms with van der Waals surface area (Å²) in [6, 6.07) is 6.42. The molecule has 1 aromatic rings. The van der Waals surface area contributed by atoms with Gasteiger partial charge >= 0.3 is 0 Å². The van der Waals surface area contributed by atoms with Crippen molar-refractivity contribution >= 4 is 29.2 Å². The Hall–Kier alpha value is -0.930. The van der Waals surface area contributed by atoms with Crippen molar-refractivity contribution in [1.29, 1.82) is 0 Å². The third-order valence-corrected chi connectivity index (χ3v) is 3.87. The average Bonchev–Trinajstić information content (AvgIpc) is 2.69. The molecule has 1 aliphatic rings. The van der Waals surface area contributed by atoms with E-state index >= 15 is 0 Å². The van der Waals surface area contributed by atoms with Gasteiger partial charge in [-0.05, 0) is 24.1 Å². The summed E-state index contributed by atoms with van der Waals surface area (Å²) in [5.41, 5.74) is 0.828. The van der Waals surface area contributed by atoms with Gasteiger partial charge in [0.1, 0.15) is 10.1 Å². The fraction of sp³-hybridized carbons (Fsp3) is 0.364. The Morgan fingerprint density at radius 3 is 2.44 bits per heavy atom. The molecule has 0 saturated heterocycles. The van der Waals surface area contributed by atoms with Crippen molar-refractivity contribution < 1.29 is 15.0 Å². The van der Waals surface area contributed by atoms with E-state index in [0.29, 0.717) is 0 Å². The summed E-state index contributed by atoms with van der Waals surface area (Å²) < 4.78 is -1.04. The Bertz CT molecular complexity index is 414. The molecular weight excluding hydrogens is 251 g/mol. The molecule has 1 aliphatic carbocycles. The molecule has 1 saturated carbocycles. The van der Waals surface area contributed by atoms with Crippen molar-refractivity contribution in [2.45, 2.75) is 16.7 Å². The van der Waals surface area contributed by atoms with Gasteiger partial charge in [0.15, 0.2) is 0 Å². The minimum absolute atomic E-state index is 0.149. The number of alkyl halides is 2. The van der Waals surface area contributed by atoms with Crippen LogP contribution in [-0.2, 0) is 4.79 Å². The number of aliphatic carboxylic acids is 1. The van der Waals surface area contributed by atoms with E-state index in [4.69, 9.17) is 28.3 Å². The molecule has 5 heteroatoms. The van der Waals surface area contributed by atoms with E-state index in [1.165, 1.54) is 12.1 Å². The van der Waals surface area contributed by atoms with Gasteiger partial charge in [-0.25, -0.2) is 0 Å². The zero-order chi connectivity index (χ0) is 11.9. The summed E-state index contributed by atoms with van der Waals surface area (Å²) >= 11 is 12.0. The van der Waals surface area contributed by atoms with Crippen LogP contribution in [0.1, 0.15) is 17.9 Å². The number of carbonyl (C=O) groups is 1. The van der Waals surface area contributed by atoms with Gasteiger partial charge in [-0.1, -0.05) is 12.1 Å². The van der Waals surface area contributed by atoms with Gasteiger partial charge in [-0.2, -0.15) is 0 Å². The van der Waals surface area contributed by atoms with Crippen molar-refractivity contribution in [3.63, 3.8) is 0 Å². The van der Waals surface area contributed by atoms with Crippen LogP contribution in [-0.4, -0.2) is 15.4 Å². The molecule has 16 heavy (non-hydrogen) atoms. The molecule has 0 aliphatic heterocycles. The van der Waals surface area contributed by atoms with Gasteiger partial charge in [-0.15, -0.1) is 23.2 Å². The fourth-order valence-electron chi connectivity index (χ4n) is 1.96. The predicted molar refractivity (Wildman–Crippen MR) is 58.4 cm³/mol. The highest BCUT2D eigenvalue weighted by atomic mass is 35.5. The molecule has 0 spiro atoms. The Morgan fingerprint density at radius 2 is 1.94 bits per heavy atom. The fourth-order valence-corrected chi connectivity index (χ4v) is 2.80. The second-order valence-corrected chi connectivity index (χ2v) is 5.37. The zero-order valence-electron chi connectivity index (χ0n) is 8.19. The quantitative estimate of drug-likeness (QED) is 0.836. The lowest BCUT2D eigenvalue weighted by Crippen LogP contribution is -2.23. The number of aromatic hydroxyl groups is 1. The van der Waals surface area contributed by atoms with Crippen LogP contribution in [0.15, 0.2) is 24.3 Å². The van der Waals surface area contributed by atoms with Crippen molar-refractivity contribution in [3.05, 3.63) is 29.8 Å². The SMILES string of the molecule is O=C([O-])CC1C(c2ccc(O)cc2)C1(Cl)Cl. The molecule has 1 fully saturated rings. The zero-order valence-corrected chi connectivity index (χ0v) is 9.70. The first-order valence-electron chi connectivity index (χ1n) is 4.79. The first-order valence-corrected chi connectivity index (χ1v) is 5.55. The number of carboxylic acids is 1. The maximum atomic E-state index is 10.5. The van der Waals surface area contributed by atoms with E-state index in [0.717, 1.165) is 5.56 Å². The van der Waals surface area contributed by atoms with Crippen LogP contribution >= 0.6 is 23.2 Å². The summed E-state index contributed by atoms with van der Waals surface area (Å²) in [6.45, 7) is 0. The van der Waals surface area contributed by atoms with Gasteiger partial charge in [0.25, 0.3) is 0 Å². The Kier molecular flexibility index (Phi) is 2.76. The number of hydrogen-bond donors (Lipinski definition) is 1. The molecule has 2 rings (SSSR count). The van der Waals surface area contributed by atoms with Crippen LogP contribution in [0.5, 0.6) is 5.75 Å². The molecule has 0 aromatic heterocycles. The van der Waals surface area contributed by atoms with Gasteiger partial charge in [0.05, 0.1) is 0 Å². The predicted octanol–water partition coefficient (Wildman–Crippen LogP) is 1.42. The van der Waals surface area contributed by atoms with Crippen molar-refractivity contribution in [3.8, 4) is 5.75 Å². The van der Waals surface area contributed by atoms with E-state index < -0.39 is 10.3 Å². The molecule has 2 unspecified atom stereocenters. The van der Waals surface area contributed by atoms with E-state index in [1.54, 1.807) is 12.1 Å². The first-order chi connectivity index (χ1) is 7.43. The number of benzene rings is 1. The highest BCUT2D eigenvalue weighted by Gasteiger charge is 2.63. The van der Waals surface area contributed by atoms with Gasteiger partial charge in [0, 0.05) is 17.8 Å². The third-order valence-electron chi connectivity index (χ3n) is 2.84. The summed E-state index contributed by atoms with van der Waals surface area (Å²) in [6.07, 6.45) is -0.154. The molecule has 0 bridgehead atoms. The molecule has 0 amide bonds. The largest absolute Gasteiger partial charge is 0.550 e. The van der Waals surface area contributed by atoms with Crippen LogP contribution in [0.25, 0.3) is 0 Å². The van der Waals surface area contributed by atoms with Crippen LogP contribution < -0.4 is 5.11 Å². The first kappa shape index (κ1) is 11.6. The van der Waals surface area contributed by atoms with Gasteiger partial charge in [0.2, 0.25) is 0 Å². The molecule has 0 heterocycles. The summed E-state index contributed by atoms with van der Waals surface area (Å²) in [4.78, 5) is 10.5. The Morgan fingerprint density at radius 1 is 1.38 bits per heavy atom. The Labute approximate surface area is 103 Å². The second-order valence-electron chi connectivity index (χ2n) is 3.93. The van der Waals surface area contributed by atoms with E-state index in [1.807, 2.05) is 0 Å². The van der Waals surface area contributed by atoms with E-state index in [2.05, 4.69) is 0 Å². The Balaban J connectivity index is 2.17. The minimum atomic E-state index is -1.16. The lowest BCUT2D eigenvalue weighted by atomic mass is 10.1. The molecule has 2 atom stereocenters. The van der Waals surface area contributed by atoms with Crippen LogP contribution in [0, 0.1) is 5.92 Å². The van der Waals surface area contributed by atoms with E-state index in [-0.39, 0.29) is 24.0 Å². The summed E-state index contributed by atoms with van der Waals surface area (Å²) in [5.74, 6) is -1.55. The molecule has 1 aromatic carbocycles. The molecule has 3 nitrogen and oxygen atoms in total. The average molecular weight is 260 g/mol.